The number of ether oxygens (including phenoxy) is 4. The summed E-state index contributed by atoms with van der Waals surface area (Å²) in [6.45, 7) is 7.31. The summed E-state index contributed by atoms with van der Waals surface area (Å²) in [5.41, 5.74) is 0. The summed E-state index contributed by atoms with van der Waals surface area (Å²) in [7, 11) is -9.92. The van der Waals surface area contributed by atoms with Crippen molar-refractivity contribution >= 4 is 39.5 Å². The molecule has 2 unspecified atom stereocenters. The highest BCUT2D eigenvalue weighted by Crippen LogP contribution is 2.45. The third kappa shape index (κ3) is 74.1. The molecule has 99 heavy (non-hydrogen) atoms. The summed E-state index contributed by atoms with van der Waals surface area (Å²) in [5.74, 6) is -1.35. The van der Waals surface area contributed by atoms with E-state index >= 15 is 0 Å². The van der Waals surface area contributed by atoms with E-state index in [0.717, 1.165) is 95.8 Å². The molecule has 0 amide bonds. The molecule has 0 radical (unpaired) electrons. The van der Waals surface area contributed by atoms with Gasteiger partial charge in [0.15, 0.2) is 12.2 Å². The molecule has 19 heteroatoms. The summed E-state index contributed by atoms with van der Waals surface area (Å²) in [6, 6.07) is 0. The van der Waals surface area contributed by atoms with E-state index in [1.807, 2.05) is 0 Å². The van der Waals surface area contributed by atoms with E-state index in [1.165, 1.54) is 250 Å². The predicted molar refractivity (Wildman–Crippen MR) is 405 cm³/mol. The fraction of sp³-hybridized carbons (Fsp3) is 0.950. The molecule has 3 N–H and O–H groups in total. The van der Waals surface area contributed by atoms with Crippen molar-refractivity contribution in [3.05, 3.63) is 0 Å². The zero-order valence-electron chi connectivity index (χ0n) is 64.6. The van der Waals surface area contributed by atoms with E-state index in [-0.39, 0.29) is 25.7 Å². The Balaban J connectivity index is 5.24. The maximum atomic E-state index is 13.1. The fourth-order valence-electron chi connectivity index (χ4n) is 12.4. The number of hydrogen-bond acceptors (Lipinski definition) is 15. The zero-order valence-corrected chi connectivity index (χ0v) is 66.4. The lowest BCUT2D eigenvalue weighted by Gasteiger charge is -2.21. The van der Waals surface area contributed by atoms with E-state index in [1.54, 1.807) is 0 Å². The van der Waals surface area contributed by atoms with Crippen molar-refractivity contribution < 1.29 is 80.2 Å². The molecule has 17 nitrogen and oxygen atoms in total. The zero-order chi connectivity index (χ0) is 72.7. The first-order chi connectivity index (χ1) is 48.0. The Morgan fingerprint density at radius 1 is 0.273 bits per heavy atom. The molecule has 0 spiro atoms. The number of aliphatic hydroxyl groups is 1. The van der Waals surface area contributed by atoms with Crippen LogP contribution < -0.4 is 0 Å². The molecule has 5 atom stereocenters. The quantitative estimate of drug-likeness (QED) is 0.0222. The van der Waals surface area contributed by atoms with Crippen molar-refractivity contribution in [3.8, 4) is 0 Å². The number of unbranched alkanes of at least 4 members (excludes halogenated alkanes) is 52. The van der Waals surface area contributed by atoms with Crippen LogP contribution in [-0.2, 0) is 65.4 Å². The molecule has 0 saturated heterocycles. The topological polar surface area (TPSA) is 237 Å². The number of phosphoric acid groups is 2. The summed E-state index contributed by atoms with van der Waals surface area (Å²) in [6.07, 6.45) is 63.8. The van der Waals surface area contributed by atoms with Crippen LogP contribution in [0.15, 0.2) is 0 Å². The average molecular weight is 1450 g/mol. The Hall–Kier alpha value is -1.94. The summed E-state index contributed by atoms with van der Waals surface area (Å²) < 4.78 is 68.7. The van der Waals surface area contributed by atoms with Crippen LogP contribution in [0.4, 0.5) is 0 Å². The van der Waals surface area contributed by atoms with E-state index in [9.17, 15) is 43.2 Å². The highest BCUT2D eigenvalue weighted by molar-refractivity contribution is 7.47. The van der Waals surface area contributed by atoms with Crippen LogP contribution in [0, 0.1) is 5.92 Å². The predicted octanol–water partition coefficient (Wildman–Crippen LogP) is 24.0. The van der Waals surface area contributed by atoms with Crippen LogP contribution in [0.5, 0.6) is 0 Å². The van der Waals surface area contributed by atoms with Crippen molar-refractivity contribution in [2.24, 2.45) is 5.92 Å². The normalized spacial score (nSPS) is 13.9. The van der Waals surface area contributed by atoms with Gasteiger partial charge in [-0.15, -0.1) is 0 Å². The van der Waals surface area contributed by atoms with Gasteiger partial charge in [0.2, 0.25) is 0 Å². The Labute approximate surface area is 607 Å². The lowest BCUT2D eigenvalue weighted by molar-refractivity contribution is -0.161. The van der Waals surface area contributed by atoms with Gasteiger partial charge >= 0.3 is 39.5 Å². The highest BCUT2D eigenvalue weighted by atomic mass is 31.2. The molecule has 0 aromatic rings. The van der Waals surface area contributed by atoms with Gasteiger partial charge in [-0.25, -0.2) is 9.13 Å². The molecule has 0 saturated carbocycles. The number of esters is 4. The van der Waals surface area contributed by atoms with Crippen molar-refractivity contribution in [3.63, 3.8) is 0 Å². The molecule has 0 heterocycles. The average Bonchev–Trinajstić information content (AvgIpc) is 1.31. The van der Waals surface area contributed by atoms with Gasteiger partial charge in [0.1, 0.15) is 19.3 Å². The number of carbonyl (C=O) groups is 4. The first-order valence-electron chi connectivity index (χ1n) is 41.6. The standard InChI is InChI=1S/C80H156O17P2/c1-6-9-12-15-18-21-24-26-28-30-31-32-34-36-39-45-50-55-60-65-79(84)96-75(70-91-78(83)64-59-54-49-44-38-35-33-29-27-25-22-19-16-13-10-7-2)71-94-98(86,87)92-67-74(81)68-93-99(88,89)95-72-76(69-90-77(82)63-58-53-48-43-37-23-20-17-14-11-8-3)97-80(85)66-61-56-51-46-41-40-42-47-52-57-62-73(4)5/h73-76,81H,6-72H2,1-5H3,(H,86,87)(H,88,89)/t74-,75-,76-/m1/s1. The third-order valence-corrected chi connectivity index (χ3v) is 20.7. The van der Waals surface area contributed by atoms with E-state index in [2.05, 4.69) is 34.6 Å². The number of carbonyl (C=O) groups excluding carboxylic acids is 4. The largest absolute Gasteiger partial charge is 0.472 e. The summed E-state index contributed by atoms with van der Waals surface area (Å²) >= 11 is 0. The smallest absolute Gasteiger partial charge is 0.462 e. The van der Waals surface area contributed by atoms with E-state index in [0.29, 0.717) is 25.7 Å². The van der Waals surface area contributed by atoms with Crippen molar-refractivity contribution in [1.29, 1.82) is 0 Å². The van der Waals surface area contributed by atoms with Crippen LogP contribution in [0.3, 0.4) is 0 Å². The van der Waals surface area contributed by atoms with Crippen LogP contribution in [0.2, 0.25) is 0 Å². The third-order valence-electron chi connectivity index (χ3n) is 18.8. The van der Waals surface area contributed by atoms with Crippen LogP contribution in [-0.4, -0.2) is 96.7 Å². The Kier molecular flexibility index (Phi) is 71.6. The Morgan fingerprint density at radius 3 is 0.687 bits per heavy atom. The molecule has 0 aliphatic heterocycles. The second kappa shape index (κ2) is 73.0. The maximum Gasteiger partial charge on any atom is 0.472 e. The van der Waals surface area contributed by atoms with Crippen LogP contribution >= 0.6 is 15.6 Å². The van der Waals surface area contributed by atoms with Gasteiger partial charge in [0, 0.05) is 25.7 Å². The number of rotatable bonds is 80. The summed E-state index contributed by atoms with van der Waals surface area (Å²) in [4.78, 5) is 73.0. The molecule has 0 bridgehead atoms. The molecular formula is C80H156O17P2. The molecule has 0 aliphatic rings. The van der Waals surface area contributed by atoms with Gasteiger partial charge in [0.25, 0.3) is 0 Å². The van der Waals surface area contributed by atoms with Gasteiger partial charge in [0.05, 0.1) is 26.4 Å². The highest BCUT2D eigenvalue weighted by Gasteiger charge is 2.30. The van der Waals surface area contributed by atoms with Gasteiger partial charge < -0.3 is 33.8 Å². The lowest BCUT2D eigenvalue weighted by Crippen LogP contribution is -2.30. The number of hydrogen-bond donors (Lipinski definition) is 3. The minimum absolute atomic E-state index is 0.107. The first kappa shape index (κ1) is 97.1. The molecular weight excluding hydrogens is 1290 g/mol. The molecule has 0 fully saturated rings. The van der Waals surface area contributed by atoms with Crippen molar-refractivity contribution in [2.75, 3.05) is 39.6 Å². The van der Waals surface area contributed by atoms with Gasteiger partial charge in [-0.2, -0.15) is 0 Å². The molecule has 0 aromatic carbocycles. The van der Waals surface area contributed by atoms with Crippen molar-refractivity contribution in [1.82, 2.24) is 0 Å². The summed E-state index contributed by atoms with van der Waals surface area (Å²) in [5, 5.41) is 10.6. The molecule has 0 aromatic heterocycles. The van der Waals surface area contributed by atoms with E-state index < -0.39 is 97.5 Å². The van der Waals surface area contributed by atoms with Crippen LogP contribution in [0.25, 0.3) is 0 Å². The van der Waals surface area contributed by atoms with Crippen LogP contribution in [0.1, 0.15) is 426 Å². The van der Waals surface area contributed by atoms with Crippen molar-refractivity contribution in [2.45, 2.75) is 445 Å². The maximum absolute atomic E-state index is 13.1. The first-order valence-corrected chi connectivity index (χ1v) is 44.6. The SMILES string of the molecule is CCCCCCCCCCCCCCCCCCCCCC(=O)O[C@H](COC(=O)CCCCCCCCCCCCCCCCCC)COP(=O)(O)OC[C@@H](O)COP(=O)(O)OC[C@@H](COC(=O)CCCCCCCCCCCCC)OC(=O)CCCCCCCCCCCCC(C)C. The second-order valence-electron chi connectivity index (χ2n) is 29.3. The van der Waals surface area contributed by atoms with Gasteiger partial charge in [-0.3, -0.25) is 37.3 Å². The van der Waals surface area contributed by atoms with E-state index in [4.69, 9.17) is 37.0 Å². The fourth-order valence-corrected chi connectivity index (χ4v) is 14.0. The number of phosphoric ester groups is 2. The lowest BCUT2D eigenvalue weighted by atomic mass is 10.0. The molecule has 0 rings (SSSR count). The minimum atomic E-state index is -4.96. The molecule has 0 aliphatic carbocycles. The molecule has 588 valence electrons. The Morgan fingerprint density at radius 2 is 0.465 bits per heavy atom. The number of aliphatic hydroxyl groups excluding tert-OH is 1. The van der Waals surface area contributed by atoms with Gasteiger partial charge in [-0.05, 0) is 31.6 Å². The Bertz CT molecular complexity index is 1890. The monoisotopic (exact) mass is 1450 g/mol. The minimum Gasteiger partial charge on any atom is -0.462 e. The second-order valence-corrected chi connectivity index (χ2v) is 32.2. The van der Waals surface area contributed by atoms with Gasteiger partial charge in [-0.1, -0.05) is 375 Å².